The summed E-state index contributed by atoms with van der Waals surface area (Å²) >= 11 is 6.14. The number of piperidine rings is 1. The summed E-state index contributed by atoms with van der Waals surface area (Å²) in [5.74, 6) is 0.449. The molecule has 5 nitrogen and oxygen atoms in total. The monoisotopic (exact) mass is 297 g/mol. The highest BCUT2D eigenvalue weighted by Crippen LogP contribution is 2.29. The zero-order chi connectivity index (χ0) is 14.7. The maximum atomic E-state index is 11.1. The van der Waals surface area contributed by atoms with Crippen LogP contribution in [0.25, 0.3) is 0 Å². The lowest BCUT2D eigenvalue weighted by Crippen LogP contribution is -2.46. The van der Waals surface area contributed by atoms with Gasteiger partial charge in [0, 0.05) is 25.2 Å². The van der Waals surface area contributed by atoms with E-state index in [0.29, 0.717) is 23.0 Å². The molecule has 6 heteroatoms. The molecular formula is C14H20ClN3O2. The first-order chi connectivity index (χ1) is 9.52. The summed E-state index contributed by atoms with van der Waals surface area (Å²) in [6.07, 6.45) is 1.96. The summed E-state index contributed by atoms with van der Waals surface area (Å²) in [6.45, 7) is 4.38. The molecule has 1 aliphatic rings. The summed E-state index contributed by atoms with van der Waals surface area (Å²) < 4.78 is 0. The van der Waals surface area contributed by atoms with Crippen LogP contribution in [0.2, 0.25) is 5.02 Å². The molecule has 0 amide bonds. The van der Waals surface area contributed by atoms with Crippen LogP contribution in [0, 0.1) is 16.0 Å². The largest absolute Gasteiger partial charge is 0.327 e. The maximum Gasteiger partial charge on any atom is 0.275 e. The number of nitrogens with two attached hydrogens (primary N) is 1. The summed E-state index contributed by atoms with van der Waals surface area (Å²) in [5, 5.41) is 11.6. The second-order valence-corrected chi connectivity index (χ2v) is 5.76. The number of nitrogens with zero attached hydrogens (tertiary/aromatic N) is 2. The third kappa shape index (κ3) is 3.29. The summed E-state index contributed by atoms with van der Waals surface area (Å²) in [7, 11) is 0. The van der Waals surface area contributed by atoms with E-state index in [0.717, 1.165) is 25.9 Å². The molecule has 0 aliphatic carbocycles. The minimum absolute atomic E-state index is 0.0976. The van der Waals surface area contributed by atoms with Crippen molar-refractivity contribution in [2.24, 2.45) is 11.7 Å². The van der Waals surface area contributed by atoms with Gasteiger partial charge in [0.1, 0.15) is 0 Å². The molecule has 1 aromatic rings. The van der Waals surface area contributed by atoms with E-state index in [2.05, 4.69) is 11.8 Å². The van der Waals surface area contributed by atoms with E-state index in [4.69, 9.17) is 17.3 Å². The van der Waals surface area contributed by atoms with Crippen LogP contribution < -0.4 is 5.73 Å². The molecule has 2 atom stereocenters. The molecule has 0 bridgehead atoms. The van der Waals surface area contributed by atoms with Crippen molar-refractivity contribution >= 4 is 17.3 Å². The molecule has 1 heterocycles. The molecule has 1 aromatic carbocycles. The average molecular weight is 298 g/mol. The van der Waals surface area contributed by atoms with Gasteiger partial charge < -0.3 is 5.73 Å². The third-order valence-corrected chi connectivity index (χ3v) is 4.43. The Morgan fingerprint density at radius 3 is 2.95 bits per heavy atom. The van der Waals surface area contributed by atoms with Crippen molar-refractivity contribution in [1.29, 1.82) is 0 Å². The van der Waals surface area contributed by atoms with E-state index in [-0.39, 0.29) is 16.7 Å². The van der Waals surface area contributed by atoms with Gasteiger partial charge in [-0.2, -0.15) is 0 Å². The van der Waals surface area contributed by atoms with Crippen LogP contribution in [0.1, 0.15) is 25.3 Å². The Kier molecular flexibility index (Phi) is 4.96. The number of hydrogen-bond donors (Lipinski definition) is 1. The van der Waals surface area contributed by atoms with E-state index in [9.17, 15) is 10.1 Å². The first-order valence-electron chi connectivity index (χ1n) is 6.92. The highest BCUT2D eigenvalue weighted by molar-refractivity contribution is 6.31. The van der Waals surface area contributed by atoms with E-state index >= 15 is 0 Å². The van der Waals surface area contributed by atoms with Gasteiger partial charge in [0.25, 0.3) is 5.69 Å². The lowest BCUT2D eigenvalue weighted by atomic mass is 9.90. The van der Waals surface area contributed by atoms with Crippen LogP contribution in [-0.4, -0.2) is 29.0 Å². The van der Waals surface area contributed by atoms with Gasteiger partial charge in [-0.25, -0.2) is 0 Å². The number of halogens is 1. The number of nitro benzene ring substituents is 1. The SMILES string of the molecule is CCC1CN(Cc2c(Cl)cccc2[N+](=O)[O-])CCC1N. The highest BCUT2D eigenvalue weighted by atomic mass is 35.5. The van der Waals surface area contributed by atoms with Gasteiger partial charge in [-0.3, -0.25) is 15.0 Å². The van der Waals surface area contributed by atoms with Crippen LogP contribution in [0.5, 0.6) is 0 Å². The van der Waals surface area contributed by atoms with Crippen molar-refractivity contribution in [2.75, 3.05) is 13.1 Å². The Morgan fingerprint density at radius 2 is 2.30 bits per heavy atom. The Balaban J connectivity index is 2.16. The maximum absolute atomic E-state index is 11.1. The van der Waals surface area contributed by atoms with E-state index in [1.54, 1.807) is 12.1 Å². The molecule has 2 rings (SSSR count). The molecule has 1 aliphatic heterocycles. The summed E-state index contributed by atoms with van der Waals surface area (Å²) in [4.78, 5) is 12.9. The topological polar surface area (TPSA) is 72.4 Å². The van der Waals surface area contributed by atoms with Gasteiger partial charge in [0.05, 0.1) is 15.5 Å². The van der Waals surface area contributed by atoms with Crippen LogP contribution in [-0.2, 0) is 6.54 Å². The Hall–Kier alpha value is -1.17. The predicted octanol–water partition coefficient (Wildman–Crippen LogP) is 2.81. The average Bonchev–Trinajstić information content (AvgIpc) is 2.42. The number of rotatable bonds is 4. The smallest absolute Gasteiger partial charge is 0.275 e. The van der Waals surface area contributed by atoms with E-state index < -0.39 is 0 Å². The Morgan fingerprint density at radius 1 is 1.55 bits per heavy atom. The Bertz CT molecular complexity index is 495. The Labute approximate surface area is 123 Å². The van der Waals surface area contributed by atoms with Crippen molar-refractivity contribution in [3.8, 4) is 0 Å². The van der Waals surface area contributed by atoms with Crippen molar-refractivity contribution in [3.63, 3.8) is 0 Å². The van der Waals surface area contributed by atoms with Gasteiger partial charge in [-0.05, 0) is 24.9 Å². The molecule has 1 fully saturated rings. The van der Waals surface area contributed by atoms with Crippen LogP contribution in [0.3, 0.4) is 0 Å². The molecule has 0 aromatic heterocycles. The molecule has 1 saturated heterocycles. The quantitative estimate of drug-likeness (QED) is 0.685. The minimum atomic E-state index is -0.367. The molecular weight excluding hydrogens is 278 g/mol. The molecule has 20 heavy (non-hydrogen) atoms. The number of benzene rings is 1. The fourth-order valence-electron chi connectivity index (χ4n) is 2.80. The molecule has 0 radical (unpaired) electrons. The zero-order valence-corrected chi connectivity index (χ0v) is 12.3. The van der Waals surface area contributed by atoms with Crippen molar-refractivity contribution in [3.05, 3.63) is 38.9 Å². The van der Waals surface area contributed by atoms with Gasteiger partial charge in [0.15, 0.2) is 0 Å². The van der Waals surface area contributed by atoms with Gasteiger partial charge in [0.2, 0.25) is 0 Å². The normalized spacial score (nSPS) is 23.8. The van der Waals surface area contributed by atoms with Crippen molar-refractivity contribution in [1.82, 2.24) is 4.90 Å². The third-order valence-electron chi connectivity index (χ3n) is 4.07. The molecule has 2 unspecified atom stereocenters. The first kappa shape index (κ1) is 15.2. The highest BCUT2D eigenvalue weighted by Gasteiger charge is 2.27. The number of nitro groups is 1. The standard InChI is InChI=1S/C14H20ClN3O2/c1-2-10-8-17(7-6-13(10)16)9-11-12(15)4-3-5-14(11)18(19)20/h3-5,10,13H,2,6-9,16H2,1H3. The van der Waals surface area contributed by atoms with Crippen LogP contribution in [0.15, 0.2) is 18.2 Å². The molecule has 0 saturated carbocycles. The lowest BCUT2D eigenvalue weighted by molar-refractivity contribution is -0.385. The van der Waals surface area contributed by atoms with E-state index in [1.807, 2.05) is 0 Å². The van der Waals surface area contributed by atoms with Crippen LogP contribution >= 0.6 is 11.6 Å². The zero-order valence-electron chi connectivity index (χ0n) is 11.6. The minimum Gasteiger partial charge on any atom is -0.327 e. The fourth-order valence-corrected chi connectivity index (χ4v) is 3.03. The summed E-state index contributed by atoms with van der Waals surface area (Å²) in [5.41, 5.74) is 6.79. The fraction of sp³-hybridized carbons (Fsp3) is 0.571. The molecule has 0 spiro atoms. The van der Waals surface area contributed by atoms with Crippen molar-refractivity contribution in [2.45, 2.75) is 32.4 Å². The first-order valence-corrected chi connectivity index (χ1v) is 7.30. The second-order valence-electron chi connectivity index (χ2n) is 5.35. The molecule has 2 N–H and O–H groups in total. The molecule has 110 valence electrons. The summed E-state index contributed by atoms with van der Waals surface area (Å²) in [6, 6.07) is 5.06. The second kappa shape index (κ2) is 6.52. The number of hydrogen-bond acceptors (Lipinski definition) is 4. The van der Waals surface area contributed by atoms with Gasteiger partial charge >= 0.3 is 0 Å². The van der Waals surface area contributed by atoms with Crippen molar-refractivity contribution < 1.29 is 4.92 Å². The van der Waals surface area contributed by atoms with Crippen LogP contribution in [0.4, 0.5) is 5.69 Å². The predicted molar refractivity (Wildman–Crippen MR) is 79.8 cm³/mol. The van der Waals surface area contributed by atoms with Gasteiger partial charge in [-0.1, -0.05) is 31.0 Å². The van der Waals surface area contributed by atoms with E-state index in [1.165, 1.54) is 6.07 Å². The van der Waals surface area contributed by atoms with Gasteiger partial charge in [-0.15, -0.1) is 0 Å². The lowest BCUT2D eigenvalue weighted by Gasteiger charge is -2.36. The number of likely N-dealkylation sites (tertiary alicyclic amines) is 1.